The number of fused-ring (bicyclic) bond motifs is 2. The Balaban J connectivity index is 0.000000426. The van der Waals surface area contributed by atoms with Crippen molar-refractivity contribution < 1.29 is 32.3 Å². The van der Waals surface area contributed by atoms with E-state index in [2.05, 4.69) is 20.6 Å². The first kappa shape index (κ1) is 27.0. The van der Waals surface area contributed by atoms with Gasteiger partial charge in [-0.2, -0.15) is 18.3 Å². The topological polar surface area (TPSA) is 138 Å². The Morgan fingerprint density at radius 2 is 1.89 bits per heavy atom. The van der Waals surface area contributed by atoms with Gasteiger partial charge in [0.2, 0.25) is 0 Å². The van der Waals surface area contributed by atoms with Crippen molar-refractivity contribution in [1.82, 2.24) is 35.4 Å². The predicted octanol–water partition coefficient (Wildman–Crippen LogP) is 3.49. The second kappa shape index (κ2) is 10.0. The van der Waals surface area contributed by atoms with E-state index in [9.17, 15) is 22.4 Å². The Labute approximate surface area is 213 Å². The number of nitrogens with zero attached hydrogens (tertiary/aromatic N) is 4. The van der Waals surface area contributed by atoms with Gasteiger partial charge in [0.25, 0.3) is 5.91 Å². The van der Waals surface area contributed by atoms with Crippen LogP contribution in [0.2, 0.25) is 0 Å². The first-order chi connectivity index (χ1) is 17.7. The summed E-state index contributed by atoms with van der Waals surface area (Å²) in [6.07, 6.45) is -1.84. The highest BCUT2D eigenvalue weighted by Gasteiger charge is 2.38. The summed E-state index contributed by atoms with van der Waals surface area (Å²) in [6, 6.07) is 4.65. The Bertz CT molecular complexity index is 1500. The van der Waals surface area contributed by atoms with Crippen LogP contribution >= 0.6 is 0 Å². The number of aromatic amines is 1. The minimum absolute atomic E-state index is 0.222. The van der Waals surface area contributed by atoms with Gasteiger partial charge in [-0.25, -0.2) is 19.2 Å². The molecule has 1 saturated heterocycles. The van der Waals surface area contributed by atoms with E-state index < -0.39 is 12.1 Å². The fourth-order valence-corrected chi connectivity index (χ4v) is 3.78. The number of amides is 1. The summed E-state index contributed by atoms with van der Waals surface area (Å²) in [7, 11) is 0. The molecule has 1 aliphatic heterocycles. The van der Waals surface area contributed by atoms with Crippen molar-refractivity contribution in [3.63, 3.8) is 0 Å². The third kappa shape index (κ3) is 5.90. The summed E-state index contributed by atoms with van der Waals surface area (Å²) in [5, 5.41) is 18.9. The van der Waals surface area contributed by atoms with Crippen LogP contribution in [0.1, 0.15) is 31.1 Å². The van der Waals surface area contributed by atoms with Gasteiger partial charge in [0.05, 0.1) is 17.3 Å². The zero-order valence-corrected chi connectivity index (χ0v) is 20.6. The fraction of sp³-hybridized carbons (Fsp3) is 0.375. The Morgan fingerprint density at radius 1 is 1.21 bits per heavy atom. The van der Waals surface area contributed by atoms with Crippen molar-refractivity contribution >= 4 is 33.9 Å². The number of nitrogens with one attached hydrogen (secondary N) is 3. The van der Waals surface area contributed by atoms with E-state index in [1.807, 2.05) is 25.5 Å². The maximum atomic E-state index is 14.0. The number of H-pyrrole nitrogens is 1. The molecule has 14 heteroatoms. The molecule has 1 fully saturated rings. The van der Waals surface area contributed by atoms with Crippen LogP contribution in [0, 0.1) is 11.7 Å². The highest BCUT2D eigenvalue weighted by molar-refractivity contribution is 6.05. The molecule has 4 heterocycles. The summed E-state index contributed by atoms with van der Waals surface area (Å²) >= 11 is 0. The third-order valence-corrected chi connectivity index (χ3v) is 5.61. The summed E-state index contributed by atoms with van der Waals surface area (Å²) in [6.45, 7) is 8.32. The van der Waals surface area contributed by atoms with E-state index in [0.717, 1.165) is 24.0 Å². The average molecular weight is 536 g/mol. The highest BCUT2D eigenvalue weighted by atomic mass is 19.4. The van der Waals surface area contributed by atoms with Crippen molar-refractivity contribution in [2.75, 3.05) is 13.1 Å². The van der Waals surface area contributed by atoms with Gasteiger partial charge in [-0.1, -0.05) is 0 Å². The number of benzene rings is 1. The number of hydrogen-bond donors (Lipinski definition) is 4. The average Bonchev–Trinajstić information content (AvgIpc) is 3.35. The molecule has 0 atom stereocenters. The molecule has 0 aliphatic carbocycles. The van der Waals surface area contributed by atoms with Gasteiger partial charge in [0.1, 0.15) is 22.7 Å². The summed E-state index contributed by atoms with van der Waals surface area (Å²) in [4.78, 5) is 33.8. The summed E-state index contributed by atoms with van der Waals surface area (Å²) in [5.74, 6) is -2.82. The number of aliphatic carboxylic acids is 1. The molecule has 4 N–H and O–H groups in total. The number of rotatable bonds is 4. The van der Waals surface area contributed by atoms with E-state index >= 15 is 0 Å². The molecule has 0 unspecified atom stereocenters. The first-order valence-corrected chi connectivity index (χ1v) is 11.6. The normalized spacial score (nSPS) is 14.2. The summed E-state index contributed by atoms with van der Waals surface area (Å²) < 4.78 is 47.6. The lowest BCUT2D eigenvalue weighted by Gasteiger charge is -2.27. The maximum absolute atomic E-state index is 14.0. The number of carboxylic acid groups (broad SMARTS) is 1. The standard InChI is InChI=1S/C22H24FN7O.C2HF3O2/c1-22(2,3)28-21(31)15-9-25-20-19(15)27-16(10-26-20)18-14-5-4-13(23)6-17(14)30(29-18)11-12-7-24-8-12;3-2(4,5)1(6)7/h4-6,9-10,12,24H,7-8,11H2,1-3H3,(H,25,26)(H,28,31);(H,6,7). The largest absolute Gasteiger partial charge is 0.490 e. The van der Waals surface area contributed by atoms with Crippen LogP contribution in [0.4, 0.5) is 17.6 Å². The van der Waals surface area contributed by atoms with Crippen molar-refractivity contribution in [3.05, 3.63) is 42.0 Å². The minimum Gasteiger partial charge on any atom is -0.475 e. The third-order valence-electron chi connectivity index (χ3n) is 5.61. The van der Waals surface area contributed by atoms with E-state index in [0.29, 0.717) is 40.6 Å². The van der Waals surface area contributed by atoms with Crippen molar-refractivity contribution in [1.29, 1.82) is 0 Å². The number of alkyl halides is 3. The molecule has 1 amide bonds. The van der Waals surface area contributed by atoms with Crippen molar-refractivity contribution in [3.8, 4) is 11.4 Å². The highest BCUT2D eigenvalue weighted by Crippen LogP contribution is 2.29. The number of halogens is 4. The van der Waals surface area contributed by atoms with E-state index in [1.165, 1.54) is 12.1 Å². The number of aromatic nitrogens is 5. The number of carbonyl (C=O) groups excluding carboxylic acids is 1. The summed E-state index contributed by atoms with van der Waals surface area (Å²) in [5.41, 5.74) is 2.95. The quantitative estimate of drug-likeness (QED) is 0.294. The molecule has 1 aromatic carbocycles. The second-order valence-electron chi connectivity index (χ2n) is 9.88. The van der Waals surface area contributed by atoms with Crippen LogP contribution in [0.15, 0.2) is 30.6 Å². The van der Waals surface area contributed by atoms with Crippen LogP contribution < -0.4 is 10.6 Å². The van der Waals surface area contributed by atoms with Gasteiger partial charge in [-0.05, 0) is 39.0 Å². The molecule has 1 aliphatic rings. The van der Waals surface area contributed by atoms with E-state index in [1.54, 1.807) is 18.5 Å². The number of hydrogen-bond acceptors (Lipinski definition) is 6. The van der Waals surface area contributed by atoms with Gasteiger partial charge in [0.15, 0.2) is 5.65 Å². The molecule has 0 spiro atoms. The molecule has 10 nitrogen and oxygen atoms in total. The van der Waals surface area contributed by atoms with Crippen LogP contribution in [0.25, 0.3) is 33.5 Å². The van der Waals surface area contributed by atoms with Crippen LogP contribution in [0.5, 0.6) is 0 Å². The number of carboxylic acids is 1. The smallest absolute Gasteiger partial charge is 0.475 e. The predicted molar refractivity (Wildman–Crippen MR) is 130 cm³/mol. The molecule has 202 valence electrons. The molecule has 3 aromatic heterocycles. The lowest BCUT2D eigenvalue weighted by Crippen LogP contribution is -2.44. The molecular formula is C24H25F4N7O3. The molecule has 5 rings (SSSR count). The molecule has 0 bridgehead atoms. The van der Waals surface area contributed by atoms with Crippen LogP contribution in [-0.4, -0.2) is 66.5 Å². The van der Waals surface area contributed by atoms with E-state index in [-0.39, 0.29) is 17.3 Å². The Kier molecular flexibility index (Phi) is 7.10. The lowest BCUT2D eigenvalue weighted by molar-refractivity contribution is -0.192. The van der Waals surface area contributed by atoms with E-state index in [4.69, 9.17) is 20.0 Å². The first-order valence-electron chi connectivity index (χ1n) is 11.6. The SMILES string of the molecule is CC(C)(C)NC(=O)c1c[nH]c2ncc(-c3nn(CC4CNC4)c4cc(F)ccc34)nc12.O=C(O)C(F)(F)F. The van der Waals surface area contributed by atoms with Gasteiger partial charge in [-0.15, -0.1) is 0 Å². The molecule has 4 aromatic rings. The lowest BCUT2D eigenvalue weighted by atomic mass is 10.0. The van der Waals surface area contributed by atoms with Crippen LogP contribution in [0.3, 0.4) is 0 Å². The fourth-order valence-electron chi connectivity index (χ4n) is 3.78. The monoisotopic (exact) mass is 535 g/mol. The zero-order valence-electron chi connectivity index (χ0n) is 20.6. The molecular weight excluding hydrogens is 510 g/mol. The molecule has 0 radical (unpaired) electrons. The van der Waals surface area contributed by atoms with Crippen molar-refractivity contribution in [2.24, 2.45) is 5.92 Å². The molecule has 38 heavy (non-hydrogen) atoms. The minimum atomic E-state index is -5.08. The Morgan fingerprint density at radius 3 is 2.47 bits per heavy atom. The zero-order chi connectivity index (χ0) is 27.8. The van der Waals surface area contributed by atoms with Gasteiger partial charge in [-0.3, -0.25) is 9.48 Å². The van der Waals surface area contributed by atoms with Gasteiger partial charge >= 0.3 is 12.1 Å². The maximum Gasteiger partial charge on any atom is 0.490 e. The van der Waals surface area contributed by atoms with Crippen LogP contribution in [-0.2, 0) is 11.3 Å². The van der Waals surface area contributed by atoms with Gasteiger partial charge < -0.3 is 20.7 Å². The molecule has 0 saturated carbocycles. The number of carbonyl (C=O) groups is 2. The van der Waals surface area contributed by atoms with Crippen molar-refractivity contribution in [2.45, 2.75) is 39.0 Å². The Hall–Kier alpha value is -4.07. The second-order valence-corrected chi connectivity index (χ2v) is 9.88. The van der Waals surface area contributed by atoms with Gasteiger partial charge in [0, 0.05) is 42.7 Å².